The molecule has 1 nitrogen and oxygen atoms in total. The molecule has 0 fully saturated rings. The Kier molecular flexibility index (Phi) is 1.37. The van der Waals surface area contributed by atoms with E-state index in [-0.39, 0.29) is 0 Å². The summed E-state index contributed by atoms with van der Waals surface area (Å²) in [4.78, 5) is 0. The topological polar surface area (TPSA) is 26.0 Å². The number of hydrogen-bond acceptors (Lipinski definition) is 3. The summed E-state index contributed by atoms with van der Waals surface area (Å²) in [5.41, 5.74) is 5.57. The molecule has 0 saturated carbocycles. The van der Waals surface area contributed by atoms with Gasteiger partial charge in [0.15, 0.2) is 0 Å². The predicted octanol–water partition coefficient (Wildman–Crippen LogP) is 3.20. The Morgan fingerprint density at radius 2 is 2.30 bits per heavy atom. The Hall–Kier alpha value is -0.250. The molecule has 10 heavy (non-hydrogen) atoms. The molecule has 0 aromatic carbocycles. The lowest BCUT2D eigenvalue weighted by molar-refractivity contribution is 1.99. The summed E-state index contributed by atoms with van der Waals surface area (Å²) >= 11 is 9.07. The number of rotatable bonds is 0. The Labute approximate surface area is 71.0 Å². The summed E-state index contributed by atoms with van der Waals surface area (Å²) in [6.07, 6.45) is 0. The third-order valence-corrected chi connectivity index (χ3v) is 3.77. The summed E-state index contributed by atoms with van der Waals surface area (Å²) < 4.78 is 1.21. The first-order valence-corrected chi connectivity index (χ1v) is 4.77. The molecule has 0 radical (unpaired) electrons. The van der Waals surface area contributed by atoms with E-state index >= 15 is 0 Å². The van der Waals surface area contributed by atoms with Crippen molar-refractivity contribution in [1.82, 2.24) is 0 Å². The second-order valence-corrected chi connectivity index (χ2v) is 4.56. The summed E-state index contributed by atoms with van der Waals surface area (Å²) in [5.74, 6) is 0. The molecule has 0 unspecified atom stereocenters. The molecule has 2 N–H and O–H groups in total. The van der Waals surface area contributed by atoms with Crippen LogP contribution in [-0.4, -0.2) is 0 Å². The van der Waals surface area contributed by atoms with Crippen molar-refractivity contribution in [2.24, 2.45) is 0 Å². The number of hydrogen-bond donors (Lipinski definition) is 1. The zero-order valence-corrected chi connectivity index (χ0v) is 7.32. The van der Waals surface area contributed by atoms with E-state index < -0.39 is 0 Å². The summed E-state index contributed by atoms with van der Waals surface area (Å²) in [5, 5.41) is 4.67. The molecule has 0 amide bonds. The van der Waals surface area contributed by atoms with E-state index in [0.29, 0.717) is 0 Å². The van der Waals surface area contributed by atoms with Crippen LogP contribution in [0.5, 0.6) is 0 Å². The van der Waals surface area contributed by atoms with Crippen molar-refractivity contribution in [1.29, 1.82) is 0 Å². The second-order valence-electron chi connectivity index (χ2n) is 1.93. The molecule has 0 atom stereocenters. The summed E-state index contributed by atoms with van der Waals surface area (Å²) in [7, 11) is 0. The van der Waals surface area contributed by atoms with Crippen molar-refractivity contribution < 1.29 is 0 Å². The van der Waals surface area contributed by atoms with Crippen LogP contribution in [0.1, 0.15) is 0 Å². The largest absolute Gasteiger partial charge is 0.391 e. The lowest BCUT2D eigenvalue weighted by Gasteiger charge is -1.75. The van der Waals surface area contributed by atoms with Gasteiger partial charge in [-0.15, -0.1) is 22.7 Å². The van der Waals surface area contributed by atoms with Crippen LogP contribution in [-0.2, 0) is 0 Å². The van der Waals surface area contributed by atoms with Gasteiger partial charge in [-0.2, -0.15) is 0 Å². The van der Waals surface area contributed by atoms with E-state index in [1.54, 1.807) is 22.7 Å². The van der Waals surface area contributed by atoms with Crippen LogP contribution in [0.3, 0.4) is 0 Å². The van der Waals surface area contributed by atoms with E-state index in [1.807, 2.05) is 11.4 Å². The number of nitrogens with two attached hydrogens (primary N) is 1. The zero-order valence-electron chi connectivity index (χ0n) is 4.93. The maximum atomic E-state index is 5.85. The molecule has 4 heteroatoms. The second kappa shape index (κ2) is 2.12. The highest BCUT2D eigenvalue weighted by molar-refractivity contribution is 7.39. The third-order valence-electron chi connectivity index (χ3n) is 1.24. The smallest absolute Gasteiger partial charge is 0.0902 e. The van der Waals surface area contributed by atoms with Crippen molar-refractivity contribution in [3.05, 3.63) is 16.5 Å². The van der Waals surface area contributed by atoms with Gasteiger partial charge in [-0.3, -0.25) is 0 Å². The molecule has 0 aliphatic heterocycles. The van der Waals surface area contributed by atoms with E-state index in [1.165, 1.54) is 4.01 Å². The fourth-order valence-electron chi connectivity index (χ4n) is 0.815. The predicted molar refractivity (Wildman–Crippen MR) is 49.1 cm³/mol. The molecular weight excluding hydrogens is 186 g/mol. The Morgan fingerprint density at radius 3 is 3.00 bits per heavy atom. The SMILES string of the molecule is Nc1cc2c(Cl)csc2s1. The average Bonchev–Trinajstić information content (AvgIpc) is 2.35. The lowest BCUT2D eigenvalue weighted by atomic mass is 10.4. The van der Waals surface area contributed by atoms with E-state index in [4.69, 9.17) is 17.3 Å². The minimum absolute atomic E-state index is 0.813. The first kappa shape index (κ1) is 6.46. The molecule has 0 aliphatic rings. The molecule has 2 heterocycles. The first-order chi connectivity index (χ1) is 4.77. The fourth-order valence-corrected chi connectivity index (χ4v) is 3.14. The van der Waals surface area contributed by atoms with E-state index in [2.05, 4.69) is 0 Å². The molecule has 2 rings (SSSR count). The highest BCUT2D eigenvalue weighted by Crippen LogP contribution is 2.37. The number of anilines is 1. The van der Waals surface area contributed by atoms with Gasteiger partial charge in [0.25, 0.3) is 0 Å². The van der Waals surface area contributed by atoms with Crippen molar-refractivity contribution >= 4 is 48.7 Å². The first-order valence-electron chi connectivity index (χ1n) is 2.69. The number of thiophene rings is 2. The van der Waals surface area contributed by atoms with Crippen molar-refractivity contribution in [3.63, 3.8) is 0 Å². The Balaban J connectivity index is 2.90. The van der Waals surface area contributed by atoms with Gasteiger partial charge < -0.3 is 5.73 Å². The van der Waals surface area contributed by atoms with Crippen LogP contribution in [0, 0.1) is 0 Å². The van der Waals surface area contributed by atoms with Crippen LogP contribution in [0.2, 0.25) is 5.02 Å². The van der Waals surface area contributed by atoms with Crippen molar-refractivity contribution in [3.8, 4) is 0 Å². The molecular formula is C6H4ClNS2. The van der Waals surface area contributed by atoms with Crippen LogP contribution >= 0.6 is 34.3 Å². The van der Waals surface area contributed by atoms with Crippen LogP contribution < -0.4 is 5.73 Å². The van der Waals surface area contributed by atoms with Crippen LogP contribution in [0.25, 0.3) is 9.40 Å². The third kappa shape index (κ3) is 0.820. The minimum Gasteiger partial charge on any atom is -0.391 e. The van der Waals surface area contributed by atoms with Gasteiger partial charge in [0, 0.05) is 10.8 Å². The monoisotopic (exact) mass is 189 g/mol. The van der Waals surface area contributed by atoms with Gasteiger partial charge in [-0.25, -0.2) is 0 Å². The molecule has 2 aromatic rings. The van der Waals surface area contributed by atoms with E-state index in [9.17, 15) is 0 Å². The normalized spacial score (nSPS) is 10.9. The maximum Gasteiger partial charge on any atom is 0.0902 e. The zero-order chi connectivity index (χ0) is 7.14. The van der Waals surface area contributed by atoms with Gasteiger partial charge in [-0.1, -0.05) is 11.6 Å². The van der Waals surface area contributed by atoms with Crippen molar-refractivity contribution in [2.45, 2.75) is 0 Å². The standard InChI is InChI=1S/C6H4ClNS2/c7-4-2-9-6-3(4)1-5(8)10-6/h1-2H,8H2. The number of fused-ring (bicyclic) bond motifs is 1. The molecule has 0 bridgehead atoms. The maximum absolute atomic E-state index is 5.85. The molecule has 2 aromatic heterocycles. The van der Waals surface area contributed by atoms with Crippen molar-refractivity contribution in [2.75, 3.05) is 5.73 Å². The minimum atomic E-state index is 0.813. The Morgan fingerprint density at radius 1 is 1.50 bits per heavy atom. The summed E-state index contributed by atoms with van der Waals surface area (Å²) in [6.45, 7) is 0. The fraction of sp³-hybridized carbons (Fsp3) is 0. The van der Waals surface area contributed by atoms with Gasteiger partial charge in [-0.05, 0) is 6.07 Å². The molecule has 0 aliphatic carbocycles. The quantitative estimate of drug-likeness (QED) is 0.677. The van der Waals surface area contributed by atoms with Crippen LogP contribution in [0.4, 0.5) is 5.00 Å². The lowest BCUT2D eigenvalue weighted by Crippen LogP contribution is -1.72. The Bertz CT molecular complexity index is 363. The highest BCUT2D eigenvalue weighted by Gasteiger charge is 2.03. The average molecular weight is 190 g/mol. The van der Waals surface area contributed by atoms with Crippen LogP contribution in [0.15, 0.2) is 11.4 Å². The van der Waals surface area contributed by atoms with Gasteiger partial charge in [0.05, 0.1) is 14.0 Å². The molecule has 0 spiro atoms. The number of nitrogen functional groups attached to an aromatic ring is 1. The summed E-state index contributed by atoms with van der Waals surface area (Å²) in [6, 6.07) is 1.92. The molecule has 0 saturated heterocycles. The van der Waals surface area contributed by atoms with Gasteiger partial charge in [0.1, 0.15) is 0 Å². The number of halogens is 1. The van der Waals surface area contributed by atoms with Gasteiger partial charge in [0.2, 0.25) is 0 Å². The van der Waals surface area contributed by atoms with Gasteiger partial charge >= 0.3 is 0 Å². The van der Waals surface area contributed by atoms with E-state index in [0.717, 1.165) is 15.4 Å². The molecule has 52 valence electrons. The highest BCUT2D eigenvalue weighted by atomic mass is 35.5.